The normalized spacial score (nSPS) is 14.5. The fourth-order valence-electron chi connectivity index (χ4n) is 0.541. The Kier molecular flexibility index (Phi) is 4.32. The van der Waals surface area contributed by atoms with Gasteiger partial charge < -0.3 is 10.8 Å². The minimum absolute atomic E-state index is 0.252. The summed E-state index contributed by atoms with van der Waals surface area (Å²) in [6.07, 6.45) is 0.912. The third kappa shape index (κ3) is 4.40. The van der Waals surface area contributed by atoms with Gasteiger partial charge >= 0.3 is 5.97 Å². The zero-order valence-electron chi connectivity index (χ0n) is 6.79. The van der Waals surface area contributed by atoms with Gasteiger partial charge in [0, 0.05) is 5.92 Å². The third-order valence-corrected chi connectivity index (χ3v) is 1.60. The van der Waals surface area contributed by atoms with E-state index in [1.165, 1.54) is 0 Å². The molecule has 0 fully saturated rings. The molecule has 3 nitrogen and oxygen atoms in total. The van der Waals surface area contributed by atoms with Crippen LogP contribution < -0.4 is 5.73 Å². The van der Waals surface area contributed by atoms with E-state index < -0.39 is 5.97 Å². The summed E-state index contributed by atoms with van der Waals surface area (Å²) < 4.78 is 0. The minimum atomic E-state index is -1.12. The topological polar surface area (TPSA) is 63.3 Å². The maximum atomic E-state index is 9.99. The van der Waals surface area contributed by atoms with E-state index in [9.17, 15) is 4.79 Å². The third-order valence-electron chi connectivity index (χ3n) is 1.60. The Morgan fingerprint density at radius 1 is 1.73 bits per heavy atom. The van der Waals surface area contributed by atoms with Crippen molar-refractivity contribution < 1.29 is 9.90 Å². The molecule has 0 bridgehead atoms. The molecule has 0 aliphatic heterocycles. The van der Waals surface area contributed by atoms with Crippen molar-refractivity contribution in [3.63, 3.8) is 0 Å². The predicted octanol–water partition coefficient (Wildman–Crippen LogP) is 0.448. The monoisotopic (exact) mass is 155 g/mol. The molecule has 0 aliphatic rings. The Morgan fingerprint density at radius 3 is 2.64 bits per heavy atom. The van der Waals surface area contributed by atoms with Crippen LogP contribution in [0.4, 0.5) is 0 Å². The van der Waals surface area contributed by atoms with Gasteiger partial charge in [-0.2, -0.15) is 0 Å². The van der Waals surface area contributed by atoms with Crippen molar-refractivity contribution in [2.75, 3.05) is 0 Å². The van der Waals surface area contributed by atoms with Crippen LogP contribution in [0.5, 0.6) is 0 Å². The van der Waals surface area contributed by atoms with Crippen molar-refractivity contribution in [3.8, 4) is 11.8 Å². The molecule has 0 aliphatic carbocycles. The van der Waals surface area contributed by atoms with Crippen molar-refractivity contribution >= 4 is 5.97 Å². The van der Waals surface area contributed by atoms with E-state index in [2.05, 4.69) is 5.92 Å². The smallest absolute Gasteiger partial charge is 0.381 e. The summed E-state index contributed by atoms with van der Waals surface area (Å²) in [7, 11) is 0. The number of carbonyl (C=O) groups is 1. The van der Waals surface area contributed by atoms with Crippen LogP contribution in [-0.2, 0) is 4.79 Å². The summed E-state index contributed by atoms with van der Waals surface area (Å²) in [5.74, 6) is 3.59. The largest absolute Gasteiger partial charge is 0.472 e. The van der Waals surface area contributed by atoms with E-state index in [1.807, 2.05) is 19.8 Å². The molecule has 2 unspecified atom stereocenters. The fraction of sp³-hybridized carbons (Fsp3) is 0.625. The molecule has 0 aromatic carbocycles. The standard InChI is InChI=1S/C8H13NO2/c1-3-6(2)7(9)4-5-8(10)11/h6-7H,3,9H2,1-2H3,(H,10,11). The maximum Gasteiger partial charge on any atom is 0.381 e. The van der Waals surface area contributed by atoms with Crippen molar-refractivity contribution in [1.29, 1.82) is 0 Å². The Morgan fingerprint density at radius 2 is 2.27 bits per heavy atom. The minimum Gasteiger partial charge on any atom is -0.472 e. The second-order valence-corrected chi connectivity index (χ2v) is 2.49. The summed E-state index contributed by atoms with van der Waals surface area (Å²) in [5, 5.41) is 8.19. The fourth-order valence-corrected chi connectivity index (χ4v) is 0.541. The van der Waals surface area contributed by atoms with Crippen molar-refractivity contribution in [1.82, 2.24) is 0 Å². The first-order chi connectivity index (χ1) is 5.07. The second kappa shape index (κ2) is 4.75. The molecule has 0 saturated carbocycles. The summed E-state index contributed by atoms with van der Waals surface area (Å²) in [6.45, 7) is 3.94. The molecule has 62 valence electrons. The zero-order chi connectivity index (χ0) is 8.85. The van der Waals surface area contributed by atoms with E-state index in [-0.39, 0.29) is 12.0 Å². The Labute approximate surface area is 66.6 Å². The molecule has 0 radical (unpaired) electrons. The van der Waals surface area contributed by atoms with Gasteiger partial charge in [0.15, 0.2) is 0 Å². The number of hydrogen-bond acceptors (Lipinski definition) is 2. The van der Waals surface area contributed by atoms with E-state index in [1.54, 1.807) is 0 Å². The first-order valence-corrected chi connectivity index (χ1v) is 3.58. The van der Waals surface area contributed by atoms with Gasteiger partial charge in [-0.05, 0) is 5.92 Å². The zero-order valence-corrected chi connectivity index (χ0v) is 6.79. The number of hydrogen-bond donors (Lipinski definition) is 2. The van der Waals surface area contributed by atoms with E-state index in [4.69, 9.17) is 10.8 Å². The number of aliphatic carboxylic acids is 1. The molecule has 3 N–H and O–H groups in total. The average molecular weight is 155 g/mol. The molecule has 0 rings (SSSR count). The van der Waals surface area contributed by atoms with Crippen LogP contribution in [0.15, 0.2) is 0 Å². The lowest BCUT2D eigenvalue weighted by Crippen LogP contribution is -2.25. The van der Waals surface area contributed by atoms with Gasteiger partial charge in [-0.15, -0.1) is 0 Å². The molecule has 3 heteroatoms. The lowest BCUT2D eigenvalue weighted by molar-refractivity contribution is -0.130. The predicted molar refractivity (Wildman–Crippen MR) is 42.8 cm³/mol. The highest BCUT2D eigenvalue weighted by Gasteiger charge is 2.06. The molecule has 11 heavy (non-hydrogen) atoms. The van der Waals surface area contributed by atoms with Crippen LogP contribution >= 0.6 is 0 Å². The summed E-state index contributed by atoms with van der Waals surface area (Å²) >= 11 is 0. The Hall–Kier alpha value is -1.01. The highest BCUT2D eigenvalue weighted by atomic mass is 16.4. The maximum absolute atomic E-state index is 9.99. The second-order valence-electron chi connectivity index (χ2n) is 2.49. The Bertz CT molecular complexity index is 190. The molecular weight excluding hydrogens is 142 g/mol. The van der Waals surface area contributed by atoms with E-state index in [0.29, 0.717) is 0 Å². The van der Waals surface area contributed by atoms with E-state index >= 15 is 0 Å². The van der Waals surface area contributed by atoms with Gasteiger partial charge in [0.05, 0.1) is 6.04 Å². The molecule has 0 aromatic heterocycles. The molecule has 0 amide bonds. The van der Waals surface area contributed by atoms with Crippen LogP contribution in [0.2, 0.25) is 0 Å². The molecule has 0 saturated heterocycles. The lowest BCUT2D eigenvalue weighted by Gasteiger charge is -2.10. The summed E-state index contributed by atoms with van der Waals surface area (Å²) in [6, 6.07) is -0.323. The highest BCUT2D eigenvalue weighted by Crippen LogP contribution is 2.03. The number of nitrogens with two attached hydrogens (primary N) is 1. The van der Waals surface area contributed by atoms with Crippen LogP contribution in [0, 0.1) is 17.8 Å². The molecule has 0 aromatic rings. The van der Waals surface area contributed by atoms with Crippen molar-refractivity contribution in [2.24, 2.45) is 11.7 Å². The SMILES string of the molecule is CCC(C)C(N)C#CC(=O)O. The van der Waals surface area contributed by atoms with Crippen LogP contribution in [0.25, 0.3) is 0 Å². The lowest BCUT2D eigenvalue weighted by atomic mass is 10.0. The number of rotatable bonds is 2. The van der Waals surface area contributed by atoms with Gasteiger partial charge in [-0.3, -0.25) is 0 Å². The number of carboxylic acids is 1. The average Bonchev–Trinajstić information content (AvgIpc) is 1.98. The first-order valence-electron chi connectivity index (χ1n) is 3.58. The summed E-state index contributed by atoms with van der Waals surface area (Å²) in [5.41, 5.74) is 5.54. The molecule has 0 heterocycles. The van der Waals surface area contributed by atoms with Gasteiger partial charge in [0.1, 0.15) is 0 Å². The molecular formula is C8H13NO2. The van der Waals surface area contributed by atoms with Crippen molar-refractivity contribution in [2.45, 2.75) is 26.3 Å². The quantitative estimate of drug-likeness (QED) is 0.569. The first kappa shape index (κ1) is 9.99. The molecule has 0 spiro atoms. The van der Waals surface area contributed by atoms with Crippen LogP contribution in [0.1, 0.15) is 20.3 Å². The van der Waals surface area contributed by atoms with Gasteiger partial charge in [0.2, 0.25) is 0 Å². The summed E-state index contributed by atoms with van der Waals surface area (Å²) in [4.78, 5) is 9.99. The number of carboxylic acid groups (broad SMARTS) is 1. The van der Waals surface area contributed by atoms with Crippen LogP contribution in [-0.4, -0.2) is 17.1 Å². The van der Waals surface area contributed by atoms with Crippen molar-refractivity contribution in [3.05, 3.63) is 0 Å². The van der Waals surface area contributed by atoms with Gasteiger partial charge in [-0.25, -0.2) is 4.79 Å². The van der Waals surface area contributed by atoms with E-state index in [0.717, 1.165) is 6.42 Å². The Balaban J connectivity index is 3.98. The molecule has 2 atom stereocenters. The highest BCUT2D eigenvalue weighted by molar-refractivity contribution is 5.86. The van der Waals surface area contributed by atoms with Gasteiger partial charge in [-0.1, -0.05) is 26.2 Å². The van der Waals surface area contributed by atoms with Crippen LogP contribution in [0.3, 0.4) is 0 Å². The van der Waals surface area contributed by atoms with Gasteiger partial charge in [0.25, 0.3) is 0 Å².